The highest BCUT2D eigenvalue weighted by Gasteiger charge is 2.28. The molecule has 0 aliphatic carbocycles. The quantitative estimate of drug-likeness (QED) is 0.833. The average molecular weight is 273 g/mol. The third-order valence-corrected chi connectivity index (χ3v) is 4.81. The zero-order chi connectivity index (χ0) is 13.4. The third kappa shape index (κ3) is 2.37. The molecule has 1 aliphatic rings. The van der Waals surface area contributed by atoms with E-state index in [9.17, 15) is 0 Å². The molecule has 3 rings (SSSR count). The first-order chi connectivity index (χ1) is 9.15. The third-order valence-electron chi connectivity index (χ3n) is 3.93. The molecule has 0 saturated carbocycles. The zero-order valence-electron chi connectivity index (χ0n) is 11.7. The summed E-state index contributed by atoms with van der Waals surface area (Å²) in [4.78, 5) is 2.41. The maximum atomic E-state index is 4.31. The number of aromatic nitrogens is 2. The molecule has 0 spiro atoms. The fourth-order valence-electron chi connectivity index (χ4n) is 2.72. The van der Waals surface area contributed by atoms with Crippen LogP contribution in [0.2, 0.25) is 0 Å². The van der Waals surface area contributed by atoms with E-state index in [0.717, 1.165) is 16.7 Å². The van der Waals surface area contributed by atoms with Crippen LogP contribution in [0.4, 0.5) is 5.13 Å². The van der Waals surface area contributed by atoms with Crippen molar-refractivity contribution in [3.63, 3.8) is 0 Å². The summed E-state index contributed by atoms with van der Waals surface area (Å²) in [6, 6.07) is 7.28. The molecule has 1 saturated heterocycles. The van der Waals surface area contributed by atoms with Crippen molar-refractivity contribution in [2.75, 3.05) is 11.4 Å². The Morgan fingerprint density at radius 1 is 1.16 bits per heavy atom. The van der Waals surface area contributed by atoms with Crippen molar-refractivity contribution in [2.24, 2.45) is 0 Å². The number of anilines is 1. The van der Waals surface area contributed by atoms with Gasteiger partial charge in [0.1, 0.15) is 5.01 Å². The van der Waals surface area contributed by atoms with Gasteiger partial charge in [0.05, 0.1) is 6.04 Å². The molecule has 1 aliphatic heterocycles. The van der Waals surface area contributed by atoms with Crippen LogP contribution in [0.15, 0.2) is 18.2 Å². The van der Waals surface area contributed by atoms with E-state index in [4.69, 9.17) is 0 Å². The van der Waals surface area contributed by atoms with E-state index in [-0.39, 0.29) is 0 Å². The molecule has 4 heteroatoms. The largest absolute Gasteiger partial charge is 0.340 e. The SMILES string of the molecule is Cc1nnc(N2CCC[C@@H]2c2ccc(C)c(C)c2)s1. The first kappa shape index (κ1) is 12.6. The Balaban J connectivity index is 1.92. The molecule has 19 heavy (non-hydrogen) atoms. The highest BCUT2D eigenvalue weighted by molar-refractivity contribution is 7.15. The summed E-state index contributed by atoms with van der Waals surface area (Å²) in [5.41, 5.74) is 4.14. The van der Waals surface area contributed by atoms with Gasteiger partial charge < -0.3 is 4.90 Å². The van der Waals surface area contributed by atoms with Crippen LogP contribution < -0.4 is 4.90 Å². The van der Waals surface area contributed by atoms with E-state index in [2.05, 4.69) is 47.1 Å². The number of nitrogens with zero attached hydrogens (tertiary/aromatic N) is 3. The van der Waals surface area contributed by atoms with E-state index < -0.39 is 0 Å². The second-order valence-corrected chi connectivity index (χ2v) is 6.46. The Kier molecular flexibility index (Phi) is 3.27. The monoisotopic (exact) mass is 273 g/mol. The van der Waals surface area contributed by atoms with Crippen molar-refractivity contribution < 1.29 is 0 Å². The summed E-state index contributed by atoms with van der Waals surface area (Å²) in [5, 5.41) is 10.6. The highest BCUT2D eigenvalue weighted by Crippen LogP contribution is 2.37. The lowest BCUT2D eigenvalue weighted by atomic mass is 10.00. The lowest BCUT2D eigenvalue weighted by Gasteiger charge is -2.24. The number of hydrogen-bond donors (Lipinski definition) is 0. The molecule has 2 heterocycles. The van der Waals surface area contributed by atoms with Crippen LogP contribution in [0.5, 0.6) is 0 Å². The number of aryl methyl sites for hydroxylation is 3. The predicted octanol–water partition coefficient (Wildman–Crippen LogP) is 3.80. The minimum atomic E-state index is 0.464. The zero-order valence-corrected chi connectivity index (χ0v) is 12.5. The van der Waals surface area contributed by atoms with Crippen molar-refractivity contribution >= 4 is 16.5 Å². The molecule has 1 atom stereocenters. The molecule has 0 unspecified atom stereocenters. The molecule has 2 aromatic rings. The van der Waals surface area contributed by atoms with Crippen LogP contribution in [-0.4, -0.2) is 16.7 Å². The van der Waals surface area contributed by atoms with Crippen molar-refractivity contribution in [3.8, 4) is 0 Å². The van der Waals surface area contributed by atoms with E-state index in [1.807, 2.05) is 6.92 Å². The minimum Gasteiger partial charge on any atom is -0.340 e. The van der Waals surface area contributed by atoms with E-state index in [0.29, 0.717) is 6.04 Å². The maximum Gasteiger partial charge on any atom is 0.208 e. The standard InChI is InChI=1S/C15H19N3S/c1-10-6-7-13(9-11(10)2)14-5-4-8-18(14)15-17-16-12(3)19-15/h6-7,9,14H,4-5,8H2,1-3H3/t14-/m1/s1. The summed E-state index contributed by atoms with van der Waals surface area (Å²) in [7, 11) is 0. The Hall–Kier alpha value is -1.42. The van der Waals surface area contributed by atoms with Gasteiger partial charge >= 0.3 is 0 Å². The Morgan fingerprint density at radius 3 is 2.68 bits per heavy atom. The van der Waals surface area contributed by atoms with Crippen molar-refractivity contribution in [2.45, 2.75) is 39.7 Å². The van der Waals surface area contributed by atoms with Gasteiger partial charge in [0.2, 0.25) is 5.13 Å². The second-order valence-electron chi connectivity index (χ2n) is 5.30. The van der Waals surface area contributed by atoms with Crippen LogP contribution >= 0.6 is 11.3 Å². The minimum absolute atomic E-state index is 0.464. The number of rotatable bonds is 2. The number of hydrogen-bond acceptors (Lipinski definition) is 4. The Morgan fingerprint density at radius 2 is 2.00 bits per heavy atom. The van der Waals surface area contributed by atoms with Crippen molar-refractivity contribution in [1.29, 1.82) is 0 Å². The van der Waals surface area contributed by atoms with Crippen LogP contribution in [0.1, 0.15) is 40.6 Å². The topological polar surface area (TPSA) is 29.0 Å². The van der Waals surface area contributed by atoms with Crippen molar-refractivity contribution in [1.82, 2.24) is 10.2 Å². The average Bonchev–Trinajstić information content (AvgIpc) is 3.00. The molecule has 0 N–H and O–H groups in total. The van der Waals surface area contributed by atoms with Gasteiger partial charge in [0.15, 0.2) is 0 Å². The molecule has 100 valence electrons. The van der Waals surface area contributed by atoms with Crippen LogP contribution in [0.3, 0.4) is 0 Å². The molecule has 0 bridgehead atoms. The lowest BCUT2D eigenvalue weighted by Crippen LogP contribution is -2.22. The fraction of sp³-hybridized carbons (Fsp3) is 0.467. The van der Waals surface area contributed by atoms with E-state index in [1.165, 1.54) is 29.5 Å². The van der Waals surface area contributed by atoms with Gasteiger partial charge in [0, 0.05) is 6.54 Å². The first-order valence-corrected chi connectivity index (χ1v) is 7.60. The Bertz CT molecular complexity index is 591. The number of benzene rings is 1. The summed E-state index contributed by atoms with van der Waals surface area (Å²) in [6.45, 7) is 7.46. The smallest absolute Gasteiger partial charge is 0.208 e. The molecule has 0 radical (unpaired) electrons. The van der Waals surface area contributed by atoms with Crippen LogP contribution in [-0.2, 0) is 0 Å². The normalized spacial score (nSPS) is 19.1. The van der Waals surface area contributed by atoms with E-state index >= 15 is 0 Å². The summed E-state index contributed by atoms with van der Waals surface area (Å²) in [5.74, 6) is 0. The van der Waals surface area contributed by atoms with Gasteiger partial charge in [-0.1, -0.05) is 29.5 Å². The summed E-state index contributed by atoms with van der Waals surface area (Å²) < 4.78 is 0. The van der Waals surface area contributed by atoms with Gasteiger partial charge in [0.25, 0.3) is 0 Å². The van der Waals surface area contributed by atoms with Gasteiger partial charge in [-0.05, 0) is 50.3 Å². The van der Waals surface area contributed by atoms with E-state index in [1.54, 1.807) is 11.3 Å². The summed E-state index contributed by atoms with van der Waals surface area (Å²) >= 11 is 1.69. The maximum absolute atomic E-state index is 4.31. The van der Waals surface area contributed by atoms with Gasteiger partial charge in [-0.15, -0.1) is 10.2 Å². The lowest BCUT2D eigenvalue weighted by molar-refractivity contribution is 0.712. The first-order valence-electron chi connectivity index (χ1n) is 6.79. The van der Waals surface area contributed by atoms with Gasteiger partial charge in [-0.2, -0.15) is 0 Å². The predicted molar refractivity (Wildman–Crippen MR) is 79.9 cm³/mol. The fourth-order valence-corrected chi connectivity index (χ4v) is 3.48. The second kappa shape index (κ2) is 4.93. The van der Waals surface area contributed by atoms with Crippen molar-refractivity contribution in [3.05, 3.63) is 39.9 Å². The molecular formula is C15H19N3S. The summed E-state index contributed by atoms with van der Waals surface area (Å²) in [6.07, 6.45) is 2.44. The Labute approximate surface area is 118 Å². The molecular weight excluding hydrogens is 254 g/mol. The molecule has 1 fully saturated rings. The molecule has 1 aromatic heterocycles. The molecule has 3 nitrogen and oxygen atoms in total. The van der Waals surface area contributed by atoms with Gasteiger partial charge in [-0.3, -0.25) is 0 Å². The van der Waals surface area contributed by atoms with Gasteiger partial charge in [-0.25, -0.2) is 0 Å². The van der Waals surface area contributed by atoms with Crippen LogP contribution in [0, 0.1) is 20.8 Å². The molecule has 1 aromatic carbocycles. The highest BCUT2D eigenvalue weighted by atomic mass is 32.1. The van der Waals surface area contributed by atoms with Crippen LogP contribution in [0.25, 0.3) is 0 Å². The molecule has 0 amide bonds.